The Morgan fingerprint density at radius 1 is 1.40 bits per heavy atom. The van der Waals surface area contributed by atoms with Gasteiger partial charge in [0.2, 0.25) is 0 Å². The molecule has 4 heteroatoms. The molecule has 4 nitrogen and oxygen atoms in total. The van der Waals surface area contributed by atoms with Gasteiger partial charge in [0.1, 0.15) is 0 Å². The third-order valence-electron chi connectivity index (χ3n) is 1.97. The maximum atomic E-state index is 11.4. The molecule has 82 valence electrons. The van der Waals surface area contributed by atoms with Gasteiger partial charge in [-0.2, -0.15) is 0 Å². The smallest absolute Gasteiger partial charge is 0.319 e. The fourth-order valence-corrected chi connectivity index (χ4v) is 1.18. The van der Waals surface area contributed by atoms with Crippen LogP contribution in [0.25, 0.3) is 0 Å². The predicted octanol–water partition coefficient (Wildman–Crippen LogP) is 1.58. The van der Waals surface area contributed by atoms with Gasteiger partial charge in [-0.15, -0.1) is 0 Å². The fourth-order valence-electron chi connectivity index (χ4n) is 1.18. The maximum Gasteiger partial charge on any atom is 0.319 e. The highest BCUT2D eigenvalue weighted by atomic mass is 16.3. The number of nitrogens with one attached hydrogen (secondary N) is 2. The Morgan fingerprint density at radius 2 is 2.07 bits per heavy atom. The van der Waals surface area contributed by atoms with Crippen LogP contribution >= 0.6 is 0 Å². The van der Waals surface area contributed by atoms with E-state index in [2.05, 4.69) is 10.6 Å². The number of hydrogen-bond donors (Lipinski definition) is 3. The van der Waals surface area contributed by atoms with Crippen molar-refractivity contribution in [3.63, 3.8) is 0 Å². The van der Waals surface area contributed by atoms with Gasteiger partial charge in [0.15, 0.2) is 0 Å². The molecule has 0 spiro atoms. The van der Waals surface area contributed by atoms with E-state index < -0.39 is 0 Å². The van der Waals surface area contributed by atoms with Gasteiger partial charge < -0.3 is 15.7 Å². The second kappa shape index (κ2) is 6.03. The van der Waals surface area contributed by atoms with Crippen molar-refractivity contribution in [2.24, 2.45) is 0 Å². The van der Waals surface area contributed by atoms with Gasteiger partial charge in [-0.1, -0.05) is 18.2 Å². The molecule has 1 atom stereocenters. The standard InChI is InChI=1S/C11H16N2O2/c1-9(7-8-14)12-11(15)13-10-5-3-2-4-6-10/h2-6,9,14H,7-8H2,1H3,(H2,12,13,15). The Kier molecular flexibility index (Phi) is 4.63. The van der Waals surface area contributed by atoms with Gasteiger partial charge in [0, 0.05) is 18.3 Å². The lowest BCUT2D eigenvalue weighted by Gasteiger charge is -2.13. The van der Waals surface area contributed by atoms with E-state index in [4.69, 9.17) is 5.11 Å². The maximum absolute atomic E-state index is 11.4. The number of carbonyl (C=O) groups excluding carboxylic acids is 1. The predicted molar refractivity (Wildman–Crippen MR) is 59.8 cm³/mol. The van der Waals surface area contributed by atoms with Crippen molar-refractivity contribution in [1.82, 2.24) is 5.32 Å². The van der Waals surface area contributed by atoms with Crippen LogP contribution in [-0.2, 0) is 0 Å². The molecule has 1 unspecified atom stereocenters. The third kappa shape index (κ3) is 4.46. The normalized spacial score (nSPS) is 11.9. The molecule has 0 saturated heterocycles. The molecule has 1 rings (SSSR count). The fraction of sp³-hybridized carbons (Fsp3) is 0.364. The Balaban J connectivity index is 2.36. The number of aliphatic hydroxyl groups excluding tert-OH is 1. The molecule has 0 fully saturated rings. The molecule has 0 radical (unpaired) electrons. The van der Waals surface area contributed by atoms with Crippen LogP contribution in [-0.4, -0.2) is 23.8 Å². The lowest BCUT2D eigenvalue weighted by Crippen LogP contribution is -2.36. The average molecular weight is 208 g/mol. The highest BCUT2D eigenvalue weighted by Gasteiger charge is 2.05. The zero-order valence-electron chi connectivity index (χ0n) is 8.73. The first-order chi connectivity index (χ1) is 7.22. The van der Waals surface area contributed by atoms with Crippen LogP contribution in [0.2, 0.25) is 0 Å². The molecular formula is C11H16N2O2. The third-order valence-corrected chi connectivity index (χ3v) is 1.97. The van der Waals surface area contributed by atoms with E-state index in [9.17, 15) is 4.79 Å². The van der Waals surface area contributed by atoms with Gasteiger partial charge >= 0.3 is 6.03 Å². The van der Waals surface area contributed by atoms with Crippen molar-refractivity contribution in [3.8, 4) is 0 Å². The van der Waals surface area contributed by atoms with Gasteiger partial charge in [-0.05, 0) is 25.5 Å². The van der Waals surface area contributed by atoms with Gasteiger partial charge in [0.25, 0.3) is 0 Å². The van der Waals surface area contributed by atoms with E-state index in [1.54, 1.807) is 0 Å². The van der Waals surface area contributed by atoms with E-state index in [1.807, 2.05) is 37.3 Å². The van der Waals surface area contributed by atoms with E-state index in [0.717, 1.165) is 5.69 Å². The van der Waals surface area contributed by atoms with Crippen molar-refractivity contribution in [2.75, 3.05) is 11.9 Å². The van der Waals surface area contributed by atoms with Gasteiger partial charge in [-0.25, -0.2) is 4.79 Å². The Labute approximate surface area is 89.3 Å². The number of para-hydroxylation sites is 1. The minimum Gasteiger partial charge on any atom is -0.396 e. The van der Waals surface area contributed by atoms with Crippen molar-refractivity contribution < 1.29 is 9.90 Å². The Bertz CT molecular complexity index is 301. The second-order valence-electron chi connectivity index (χ2n) is 3.38. The highest BCUT2D eigenvalue weighted by molar-refractivity contribution is 5.89. The number of anilines is 1. The summed E-state index contributed by atoms with van der Waals surface area (Å²) in [7, 11) is 0. The molecule has 1 aromatic carbocycles. The summed E-state index contributed by atoms with van der Waals surface area (Å²) in [6.45, 7) is 1.92. The van der Waals surface area contributed by atoms with Gasteiger partial charge in [-0.3, -0.25) is 0 Å². The molecule has 0 saturated carbocycles. The summed E-state index contributed by atoms with van der Waals surface area (Å²) < 4.78 is 0. The summed E-state index contributed by atoms with van der Waals surface area (Å²) in [5, 5.41) is 14.1. The van der Waals surface area contributed by atoms with Crippen LogP contribution in [0.5, 0.6) is 0 Å². The first-order valence-electron chi connectivity index (χ1n) is 4.96. The molecule has 0 bridgehead atoms. The minimum atomic E-state index is -0.248. The number of amides is 2. The van der Waals surface area contributed by atoms with Crippen molar-refractivity contribution in [1.29, 1.82) is 0 Å². The lowest BCUT2D eigenvalue weighted by molar-refractivity contribution is 0.241. The molecule has 0 aliphatic heterocycles. The Morgan fingerprint density at radius 3 is 2.67 bits per heavy atom. The highest BCUT2D eigenvalue weighted by Crippen LogP contribution is 2.04. The van der Waals surface area contributed by atoms with E-state index >= 15 is 0 Å². The summed E-state index contributed by atoms with van der Waals surface area (Å²) >= 11 is 0. The Hall–Kier alpha value is -1.55. The topological polar surface area (TPSA) is 61.4 Å². The van der Waals surface area contributed by atoms with Crippen LogP contribution in [0.15, 0.2) is 30.3 Å². The first kappa shape index (κ1) is 11.5. The quantitative estimate of drug-likeness (QED) is 0.703. The van der Waals surface area contributed by atoms with Crippen LogP contribution in [0.3, 0.4) is 0 Å². The summed E-state index contributed by atoms with van der Waals surface area (Å²) in [5.74, 6) is 0. The van der Waals surface area contributed by atoms with Crippen LogP contribution < -0.4 is 10.6 Å². The summed E-state index contributed by atoms with van der Waals surface area (Å²) in [4.78, 5) is 11.4. The number of aliphatic hydroxyl groups is 1. The van der Waals surface area contributed by atoms with Gasteiger partial charge in [0.05, 0.1) is 0 Å². The van der Waals surface area contributed by atoms with E-state index in [-0.39, 0.29) is 18.7 Å². The van der Waals surface area contributed by atoms with Crippen molar-refractivity contribution in [2.45, 2.75) is 19.4 Å². The molecule has 0 aliphatic carbocycles. The summed E-state index contributed by atoms with van der Waals surface area (Å²) in [6, 6.07) is 8.95. The number of benzene rings is 1. The molecule has 2 amide bonds. The largest absolute Gasteiger partial charge is 0.396 e. The second-order valence-corrected chi connectivity index (χ2v) is 3.38. The molecule has 0 aliphatic rings. The lowest BCUT2D eigenvalue weighted by atomic mass is 10.2. The number of rotatable bonds is 4. The molecule has 3 N–H and O–H groups in total. The molecular weight excluding hydrogens is 192 g/mol. The number of urea groups is 1. The van der Waals surface area contributed by atoms with Crippen LogP contribution in [0.4, 0.5) is 10.5 Å². The molecule has 1 aromatic rings. The zero-order chi connectivity index (χ0) is 11.1. The molecule has 0 heterocycles. The number of carbonyl (C=O) groups is 1. The SMILES string of the molecule is CC(CCO)NC(=O)Nc1ccccc1. The molecule has 15 heavy (non-hydrogen) atoms. The zero-order valence-corrected chi connectivity index (χ0v) is 8.73. The monoisotopic (exact) mass is 208 g/mol. The first-order valence-corrected chi connectivity index (χ1v) is 4.96. The van der Waals surface area contributed by atoms with Crippen molar-refractivity contribution in [3.05, 3.63) is 30.3 Å². The molecule has 0 aromatic heterocycles. The van der Waals surface area contributed by atoms with E-state index in [1.165, 1.54) is 0 Å². The van der Waals surface area contributed by atoms with Crippen LogP contribution in [0.1, 0.15) is 13.3 Å². The number of hydrogen-bond acceptors (Lipinski definition) is 2. The van der Waals surface area contributed by atoms with E-state index in [0.29, 0.717) is 6.42 Å². The van der Waals surface area contributed by atoms with Crippen molar-refractivity contribution >= 4 is 11.7 Å². The van der Waals surface area contributed by atoms with Crippen LogP contribution in [0, 0.1) is 0 Å². The summed E-state index contributed by atoms with van der Waals surface area (Å²) in [5.41, 5.74) is 0.756. The summed E-state index contributed by atoms with van der Waals surface area (Å²) in [6.07, 6.45) is 0.558. The minimum absolute atomic E-state index is 0.0290. The average Bonchev–Trinajstić information content (AvgIpc) is 2.19.